The van der Waals surface area contributed by atoms with Crippen molar-refractivity contribution < 1.29 is 0 Å². The molecule has 7 nitrogen and oxygen atoms in total. The van der Waals surface area contributed by atoms with Gasteiger partial charge >= 0.3 is 0 Å². The van der Waals surface area contributed by atoms with E-state index in [0.29, 0.717) is 17.9 Å². The summed E-state index contributed by atoms with van der Waals surface area (Å²) in [5.74, 6) is 0.675. The van der Waals surface area contributed by atoms with E-state index in [9.17, 15) is 4.79 Å². The maximum Gasteiger partial charge on any atom is 0.277 e. The van der Waals surface area contributed by atoms with Crippen LogP contribution in [0.5, 0.6) is 0 Å². The maximum atomic E-state index is 12.5. The van der Waals surface area contributed by atoms with Gasteiger partial charge in [0.1, 0.15) is 11.3 Å². The molecule has 4 rings (SSSR count). The Morgan fingerprint density at radius 2 is 2.04 bits per heavy atom. The van der Waals surface area contributed by atoms with E-state index in [1.807, 2.05) is 32.0 Å². The molecule has 0 unspecified atom stereocenters. The number of fused-ring (bicyclic) bond motifs is 1. The lowest BCUT2D eigenvalue weighted by Gasteiger charge is -2.04. The molecule has 0 aliphatic heterocycles. The summed E-state index contributed by atoms with van der Waals surface area (Å²) >= 11 is 0. The smallest absolute Gasteiger partial charge is 0.277 e. The molecule has 24 heavy (non-hydrogen) atoms. The Labute approximate surface area is 137 Å². The van der Waals surface area contributed by atoms with E-state index in [1.165, 1.54) is 4.52 Å². The van der Waals surface area contributed by atoms with Crippen LogP contribution in [0.3, 0.4) is 0 Å². The van der Waals surface area contributed by atoms with E-state index in [4.69, 9.17) is 0 Å². The van der Waals surface area contributed by atoms with Gasteiger partial charge in [0.2, 0.25) is 0 Å². The minimum absolute atomic E-state index is 0.0838. The number of pyridine rings is 1. The zero-order valence-electron chi connectivity index (χ0n) is 13.4. The topological polar surface area (TPSA) is 91.7 Å². The van der Waals surface area contributed by atoms with Gasteiger partial charge in [-0.15, -0.1) is 0 Å². The van der Waals surface area contributed by atoms with Crippen molar-refractivity contribution in [2.24, 2.45) is 0 Å². The molecule has 120 valence electrons. The molecule has 0 radical (unpaired) electrons. The number of nitrogens with zero attached hydrogens (tertiary/aromatic N) is 4. The molecule has 0 aromatic carbocycles. The third kappa shape index (κ3) is 2.13. The molecule has 0 aliphatic carbocycles. The summed E-state index contributed by atoms with van der Waals surface area (Å²) in [4.78, 5) is 27.7. The van der Waals surface area contributed by atoms with E-state index in [0.717, 1.165) is 28.2 Å². The number of aromatic amines is 2. The predicted octanol–water partition coefficient (Wildman–Crippen LogP) is 2.35. The van der Waals surface area contributed by atoms with Crippen molar-refractivity contribution in [2.75, 3.05) is 0 Å². The Kier molecular flexibility index (Phi) is 3.26. The lowest BCUT2D eigenvalue weighted by Crippen LogP contribution is -2.21. The van der Waals surface area contributed by atoms with E-state index in [1.54, 1.807) is 18.6 Å². The fraction of sp³-hybridized carbons (Fsp3) is 0.176. The highest BCUT2D eigenvalue weighted by Crippen LogP contribution is 2.23. The number of H-pyrrole nitrogens is 2. The normalized spacial score (nSPS) is 11.2. The Balaban J connectivity index is 1.86. The number of nitrogens with one attached hydrogen (secondary N) is 2. The second-order valence-corrected chi connectivity index (χ2v) is 5.57. The molecule has 0 bridgehead atoms. The summed E-state index contributed by atoms with van der Waals surface area (Å²) in [6, 6.07) is 5.66. The van der Waals surface area contributed by atoms with E-state index in [-0.39, 0.29) is 5.56 Å². The number of rotatable bonds is 3. The van der Waals surface area contributed by atoms with Crippen molar-refractivity contribution >= 4 is 5.65 Å². The van der Waals surface area contributed by atoms with Crippen molar-refractivity contribution in [3.05, 3.63) is 58.4 Å². The van der Waals surface area contributed by atoms with Crippen LogP contribution in [0.2, 0.25) is 0 Å². The van der Waals surface area contributed by atoms with Gasteiger partial charge in [-0.25, -0.2) is 4.98 Å². The molecule has 0 spiro atoms. The second kappa shape index (κ2) is 5.45. The highest BCUT2D eigenvalue weighted by Gasteiger charge is 2.15. The van der Waals surface area contributed by atoms with Gasteiger partial charge in [-0.1, -0.05) is 13.0 Å². The van der Waals surface area contributed by atoms with Crippen LogP contribution >= 0.6 is 0 Å². The molecular weight excluding hydrogens is 304 g/mol. The number of hydrogen-bond donors (Lipinski definition) is 2. The van der Waals surface area contributed by atoms with Crippen LogP contribution in [0.25, 0.3) is 28.4 Å². The Hall–Kier alpha value is -3.22. The monoisotopic (exact) mass is 320 g/mol. The number of hydrogen-bond acceptors (Lipinski definition) is 4. The van der Waals surface area contributed by atoms with Crippen LogP contribution in [-0.4, -0.2) is 29.5 Å². The molecule has 0 saturated carbocycles. The van der Waals surface area contributed by atoms with Crippen LogP contribution in [0.15, 0.2) is 41.6 Å². The third-order valence-electron chi connectivity index (χ3n) is 4.11. The lowest BCUT2D eigenvalue weighted by atomic mass is 10.2. The fourth-order valence-electron chi connectivity index (χ4n) is 2.87. The van der Waals surface area contributed by atoms with Crippen molar-refractivity contribution in [3.63, 3.8) is 0 Å². The number of aryl methyl sites for hydroxylation is 1. The Morgan fingerprint density at radius 1 is 1.17 bits per heavy atom. The standard InChI is InChI=1S/C17H16N6O/c1-3-11-10(2)21-16-12(8-20-23(16)17(11)24)14-9-19-15(22-14)13-6-4-5-7-18-13/h4-9,21H,3H2,1-2H3,(H,19,22). The molecule has 0 atom stereocenters. The molecule has 0 amide bonds. The van der Waals surface area contributed by atoms with Crippen molar-refractivity contribution in [2.45, 2.75) is 20.3 Å². The minimum Gasteiger partial charge on any atom is -0.343 e. The fourth-order valence-corrected chi connectivity index (χ4v) is 2.87. The predicted molar refractivity (Wildman–Crippen MR) is 90.7 cm³/mol. The molecule has 4 heterocycles. The van der Waals surface area contributed by atoms with Gasteiger partial charge in [-0.05, 0) is 25.5 Å². The van der Waals surface area contributed by atoms with Crippen LogP contribution in [0.4, 0.5) is 0 Å². The first-order valence-electron chi connectivity index (χ1n) is 7.75. The van der Waals surface area contributed by atoms with Crippen LogP contribution in [0.1, 0.15) is 18.2 Å². The molecular formula is C17H16N6O. The Bertz CT molecular complexity index is 1070. The minimum atomic E-state index is -0.0838. The molecule has 7 heteroatoms. The average molecular weight is 320 g/mol. The first kappa shape index (κ1) is 14.4. The summed E-state index contributed by atoms with van der Waals surface area (Å²) in [5, 5.41) is 4.24. The molecule has 2 N–H and O–H groups in total. The molecule has 0 saturated heterocycles. The average Bonchev–Trinajstić information content (AvgIpc) is 3.22. The summed E-state index contributed by atoms with van der Waals surface area (Å²) in [6.07, 6.45) is 5.78. The molecule has 4 aromatic rings. The van der Waals surface area contributed by atoms with Crippen LogP contribution in [0, 0.1) is 6.92 Å². The number of aromatic nitrogens is 6. The maximum absolute atomic E-state index is 12.5. The third-order valence-corrected chi connectivity index (χ3v) is 4.11. The zero-order chi connectivity index (χ0) is 16.7. The summed E-state index contributed by atoms with van der Waals surface area (Å²) < 4.78 is 1.41. The first-order chi connectivity index (χ1) is 11.7. The SMILES string of the molecule is CCc1c(C)[nH]c2c(-c3cnc(-c4ccccn4)[nH]3)cnn2c1=O. The van der Waals surface area contributed by atoms with E-state index < -0.39 is 0 Å². The van der Waals surface area contributed by atoms with Crippen molar-refractivity contribution in [3.8, 4) is 22.8 Å². The van der Waals surface area contributed by atoms with Gasteiger partial charge in [0.05, 0.1) is 23.7 Å². The van der Waals surface area contributed by atoms with Gasteiger partial charge in [-0.3, -0.25) is 9.78 Å². The zero-order valence-corrected chi connectivity index (χ0v) is 13.4. The van der Waals surface area contributed by atoms with Gasteiger partial charge in [0.25, 0.3) is 5.56 Å². The van der Waals surface area contributed by atoms with Crippen LogP contribution < -0.4 is 5.56 Å². The second-order valence-electron chi connectivity index (χ2n) is 5.57. The summed E-state index contributed by atoms with van der Waals surface area (Å²) in [5.41, 5.74) is 4.53. The highest BCUT2D eigenvalue weighted by molar-refractivity contribution is 5.75. The molecule has 4 aromatic heterocycles. The molecule has 0 fully saturated rings. The first-order valence-corrected chi connectivity index (χ1v) is 7.75. The van der Waals surface area contributed by atoms with Gasteiger partial charge < -0.3 is 9.97 Å². The largest absolute Gasteiger partial charge is 0.343 e. The van der Waals surface area contributed by atoms with E-state index >= 15 is 0 Å². The quantitative estimate of drug-likeness (QED) is 0.606. The summed E-state index contributed by atoms with van der Waals surface area (Å²) in [6.45, 7) is 3.87. The van der Waals surface area contributed by atoms with Crippen LogP contribution in [-0.2, 0) is 6.42 Å². The van der Waals surface area contributed by atoms with E-state index in [2.05, 4.69) is 25.0 Å². The van der Waals surface area contributed by atoms with Gasteiger partial charge in [0.15, 0.2) is 5.82 Å². The van der Waals surface area contributed by atoms with Crippen molar-refractivity contribution in [1.82, 2.24) is 29.5 Å². The highest BCUT2D eigenvalue weighted by atomic mass is 16.1. The summed E-state index contributed by atoms with van der Waals surface area (Å²) in [7, 11) is 0. The lowest BCUT2D eigenvalue weighted by molar-refractivity contribution is 0.853. The number of imidazole rings is 1. The molecule has 0 aliphatic rings. The van der Waals surface area contributed by atoms with Gasteiger partial charge in [0, 0.05) is 17.5 Å². The Morgan fingerprint density at radius 3 is 2.79 bits per heavy atom. The van der Waals surface area contributed by atoms with Gasteiger partial charge in [-0.2, -0.15) is 9.61 Å². The van der Waals surface area contributed by atoms with Crippen molar-refractivity contribution in [1.29, 1.82) is 0 Å².